The fourth-order valence-electron chi connectivity index (χ4n) is 10.2. The van der Waals surface area contributed by atoms with Crippen molar-refractivity contribution in [1.82, 2.24) is 0 Å². The summed E-state index contributed by atoms with van der Waals surface area (Å²) in [7, 11) is -9.90. The van der Waals surface area contributed by atoms with E-state index < -0.39 is 97.5 Å². The van der Waals surface area contributed by atoms with Crippen molar-refractivity contribution in [2.75, 3.05) is 39.6 Å². The third kappa shape index (κ3) is 62.6. The number of hydrogen-bond acceptors (Lipinski definition) is 15. The van der Waals surface area contributed by atoms with Crippen LogP contribution in [0.2, 0.25) is 0 Å². The molecular weight excluding hydrogens is 1150 g/mol. The molecule has 0 saturated carbocycles. The number of ether oxygens (including phenoxy) is 4. The summed E-state index contributed by atoms with van der Waals surface area (Å²) in [5, 5.41) is 10.6. The number of aliphatic hydroxyl groups excluding tert-OH is 1. The van der Waals surface area contributed by atoms with Crippen molar-refractivity contribution >= 4 is 39.5 Å². The number of carbonyl (C=O) groups excluding carboxylic acids is 4. The number of phosphoric acid groups is 2. The van der Waals surface area contributed by atoms with E-state index in [-0.39, 0.29) is 25.7 Å². The molecule has 0 aromatic carbocycles. The summed E-state index contributed by atoms with van der Waals surface area (Å²) in [5.41, 5.74) is 0. The first-order chi connectivity index (χ1) is 41.7. The van der Waals surface area contributed by atoms with E-state index in [9.17, 15) is 43.2 Å². The third-order valence-electron chi connectivity index (χ3n) is 15.6. The summed E-state index contributed by atoms with van der Waals surface area (Å²) in [5.74, 6) is 0.00960. The molecule has 5 atom stereocenters. The van der Waals surface area contributed by atoms with E-state index in [1.807, 2.05) is 0 Å². The smallest absolute Gasteiger partial charge is 0.462 e. The molecule has 3 N–H and O–H groups in total. The van der Waals surface area contributed by atoms with E-state index in [0.717, 1.165) is 108 Å². The molecule has 2 unspecified atom stereocenters. The molecule has 0 amide bonds. The minimum absolute atomic E-state index is 0.103. The lowest BCUT2D eigenvalue weighted by atomic mass is 10.0. The van der Waals surface area contributed by atoms with Gasteiger partial charge in [0.05, 0.1) is 26.4 Å². The Kier molecular flexibility index (Phi) is 57.8. The lowest BCUT2D eigenvalue weighted by Gasteiger charge is -2.21. The molecule has 0 radical (unpaired) electrons. The van der Waals surface area contributed by atoms with Gasteiger partial charge in [0.1, 0.15) is 19.3 Å². The highest BCUT2D eigenvalue weighted by molar-refractivity contribution is 7.47. The maximum atomic E-state index is 13.0. The average molecular weight is 1280 g/mol. The van der Waals surface area contributed by atoms with E-state index in [1.165, 1.54) is 141 Å². The molecule has 0 fully saturated rings. The van der Waals surface area contributed by atoms with Gasteiger partial charge in [-0.15, -0.1) is 0 Å². The van der Waals surface area contributed by atoms with Crippen molar-refractivity contribution < 1.29 is 80.2 Å². The fourth-order valence-corrected chi connectivity index (χ4v) is 11.8. The zero-order valence-corrected chi connectivity index (χ0v) is 58.3. The standard InChI is InChI=1S/C68H132O17P2/c1-8-9-10-11-12-13-14-15-16-17-18-21-28-37-44-51-67(72)84-63(55-78-65(70)49-42-35-27-22-19-20-25-32-39-46-59(2)3)57-82-86(74,75)80-53-62(69)54-81-87(76,77)83-58-64(56-79-66(71)50-43-36-31-30-34-41-48-61(6)7)85-68(73)52-45-38-29-24-23-26-33-40-47-60(4)5/h59-64,69H,8-58H2,1-7H3,(H,74,75)(H,76,77)/t62-,63-,64-/m1/s1. The number of rotatable bonds is 66. The molecule has 0 aromatic heterocycles. The molecular formula is C68H132O17P2. The molecule has 0 spiro atoms. The summed E-state index contributed by atoms with van der Waals surface area (Å²) in [6.45, 7) is 11.7. The highest BCUT2D eigenvalue weighted by Gasteiger charge is 2.30. The van der Waals surface area contributed by atoms with Gasteiger partial charge < -0.3 is 33.8 Å². The highest BCUT2D eigenvalue weighted by atomic mass is 31.2. The Hall–Kier alpha value is -1.94. The van der Waals surface area contributed by atoms with Crippen molar-refractivity contribution in [2.24, 2.45) is 17.8 Å². The van der Waals surface area contributed by atoms with E-state index in [1.54, 1.807) is 0 Å². The van der Waals surface area contributed by atoms with Crippen LogP contribution in [0, 0.1) is 17.8 Å². The molecule has 0 aromatic rings. The van der Waals surface area contributed by atoms with Crippen molar-refractivity contribution in [1.29, 1.82) is 0 Å². The first-order valence-electron chi connectivity index (χ1n) is 35.3. The van der Waals surface area contributed by atoms with E-state index in [2.05, 4.69) is 48.5 Å². The van der Waals surface area contributed by atoms with Gasteiger partial charge in [-0.1, -0.05) is 286 Å². The summed E-state index contributed by atoms with van der Waals surface area (Å²) < 4.78 is 68.2. The second kappa shape index (κ2) is 59.1. The van der Waals surface area contributed by atoms with Crippen LogP contribution in [0.5, 0.6) is 0 Å². The Morgan fingerprint density at radius 3 is 0.782 bits per heavy atom. The van der Waals surface area contributed by atoms with Gasteiger partial charge in [-0.25, -0.2) is 9.13 Å². The van der Waals surface area contributed by atoms with Crippen LogP contribution >= 0.6 is 15.6 Å². The molecule has 0 rings (SSSR count). The molecule has 0 saturated heterocycles. The van der Waals surface area contributed by atoms with Gasteiger partial charge >= 0.3 is 39.5 Å². The summed E-state index contributed by atoms with van der Waals surface area (Å²) in [6.07, 6.45) is 41.9. The number of hydrogen-bond donors (Lipinski definition) is 3. The zero-order chi connectivity index (χ0) is 64.5. The molecule has 17 nitrogen and oxygen atoms in total. The monoisotopic (exact) mass is 1280 g/mol. The van der Waals surface area contributed by atoms with Crippen molar-refractivity contribution in [3.8, 4) is 0 Å². The first-order valence-corrected chi connectivity index (χ1v) is 38.3. The molecule has 0 aliphatic heterocycles. The molecule has 0 aliphatic carbocycles. The molecule has 0 heterocycles. The quantitative estimate of drug-likeness (QED) is 0.0222. The van der Waals surface area contributed by atoms with Gasteiger partial charge in [-0.3, -0.25) is 37.3 Å². The van der Waals surface area contributed by atoms with Crippen LogP contribution in [-0.4, -0.2) is 96.7 Å². The highest BCUT2D eigenvalue weighted by Crippen LogP contribution is 2.45. The summed E-state index contributed by atoms with van der Waals surface area (Å²) in [4.78, 5) is 72.4. The van der Waals surface area contributed by atoms with Crippen LogP contribution < -0.4 is 0 Å². The fraction of sp³-hybridized carbons (Fsp3) is 0.941. The maximum absolute atomic E-state index is 13.0. The Balaban J connectivity index is 5.24. The number of esters is 4. The number of aliphatic hydroxyl groups is 1. The zero-order valence-electron chi connectivity index (χ0n) is 56.5. The van der Waals surface area contributed by atoms with Crippen LogP contribution in [0.4, 0.5) is 0 Å². The van der Waals surface area contributed by atoms with Gasteiger partial charge in [0.25, 0.3) is 0 Å². The Labute approximate surface area is 530 Å². The predicted octanol–water partition coefficient (Wildman–Crippen LogP) is 19.1. The molecule has 87 heavy (non-hydrogen) atoms. The van der Waals surface area contributed by atoms with Gasteiger partial charge in [-0.05, 0) is 43.4 Å². The summed E-state index contributed by atoms with van der Waals surface area (Å²) in [6, 6.07) is 0. The van der Waals surface area contributed by atoms with E-state index >= 15 is 0 Å². The van der Waals surface area contributed by atoms with Gasteiger partial charge in [0.15, 0.2) is 12.2 Å². The van der Waals surface area contributed by atoms with Crippen molar-refractivity contribution in [3.05, 3.63) is 0 Å². The van der Waals surface area contributed by atoms with Crippen LogP contribution in [0.3, 0.4) is 0 Å². The Morgan fingerprint density at radius 1 is 0.310 bits per heavy atom. The Morgan fingerprint density at radius 2 is 0.529 bits per heavy atom. The van der Waals surface area contributed by atoms with Crippen LogP contribution in [0.25, 0.3) is 0 Å². The van der Waals surface area contributed by atoms with Gasteiger partial charge in [-0.2, -0.15) is 0 Å². The van der Waals surface area contributed by atoms with Crippen molar-refractivity contribution in [3.63, 3.8) is 0 Å². The van der Waals surface area contributed by atoms with Gasteiger partial charge in [0.2, 0.25) is 0 Å². The molecule has 0 bridgehead atoms. The number of unbranched alkanes of at least 4 members (excludes halogenated alkanes) is 34. The molecule has 19 heteroatoms. The van der Waals surface area contributed by atoms with Crippen molar-refractivity contribution in [2.45, 2.75) is 356 Å². The lowest BCUT2D eigenvalue weighted by Crippen LogP contribution is -2.30. The largest absolute Gasteiger partial charge is 0.472 e. The summed E-state index contributed by atoms with van der Waals surface area (Å²) >= 11 is 0. The third-order valence-corrected chi connectivity index (χ3v) is 17.5. The second-order valence-electron chi connectivity index (χ2n) is 26.0. The van der Waals surface area contributed by atoms with E-state index in [4.69, 9.17) is 37.0 Å². The lowest BCUT2D eigenvalue weighted by molar-refractivity contribution is -0.161. The Bertz CT molecular complexity index is 1720. The second-order valence-corrected chi connectivity index (χ2v) is 28.9. The van der Waals surface area contributed by atoms with E-state index in [0.29, 0.717) is 31.6 Å². The average Bonchev–Trinajstić information content (AvgIpc) is 3.62. The molecule has 0 aliphatic rings. The molecule has 516 valence electrons. The van der Waals surface area contributed by atoms with Crippen LogP contribution in [0.1, 0.15) is 337 Å². The van der Waals surface area contributed by atoms with Gasteiger partial charge in [0, 0.05) is 25.7 Å². The SMILES string of the molecule is CCCCCCCCCCCCCCCCCC(=O)O[C@H](COC(=O)CCCCCCCCCCCC(C)C)COP(=O)(O)OC[C@@H](O)COP(=O)(O)OC[C@@H](COC(=O)CCCCCCCCC(C)C)OC(=O)CCCCCCCCCCC(C)C. The number of phosphoric ester groups is 2. The van der Waals surface area contributed by atoms with Crippen LogP contribution in [-0.2, 0) is 65.4 Å². The topological polar surface area (TPSA) is 237 Å². The van der Waals surface area contributed by atoms with Crippen LogP contribution in [0.15, 0.2) is 0 Å². The normalized spacial score (nSPS) is 14.3. The maximum Gasteiger partial charge on any atom is 0.472 e. The minimum atomic E-state index is -4.95. The predicted molar refractivity (Wildman–Crippen MR) is 349 cm³/mol. The first kappa shape index (κ1) is 85.1. The number of carbonyl (C=O) groups is 4. The minimum Gasteiger partial charge on any atom is -0.462 e.